The molecule has 0 aromatic carbocycles. The van der Waals surface area contributed by atoms with E-state index in [9.17, 15) is 0 Å². The third-order valence-electron chi connectivity index (χ3n) is 2.30. The van der Waals surface area contributed by atoms with Crippen LogP contribution in [0.4, 0.5) is 0 Å². The normalized spacial score (nSPS) is 10.6. The number of unbranched alkanes of at least 4 members (excludes halogenated alkanes) is 2. The molecule has 0 fully saturated rings. The predicted octanol–water partition coefficient (Wildman–Crippen LogP) is 3.47. The molecule has 2 nitrogen and oxygen atoms in total. The first kappa shape index (κ1) is 14.0. The van der Waals surface area contributed by atoms with Gasteiger partial charge >= 0.3 is 0 Å². The molecule has 90 valence electrons. The van der Waals surface area contributed by atoms with Crippen LogP contribution in [0.5, 0.6) is 0 Å². The second-order valence-corrected chi connectivity index (χ2v) is 5.60. The van der Waals surface area contributed by atoms with Crippen LogP contribution in [0.1, 0.15) is 25.0 Å². The summed E-state index contributed by atoms with van der Waals surface area (Å²) >= 11 is 5.31. The Labute approximate surface area is 111 Å². The summed E-state index contributed by atoms with van der Waals surface area (Å²) in [5.74, 6) is 1.29. The number of thioether (sulfide) groups is 1. The smallest absolute Gasteiger partial charge is 0.0542 e. The fourth-order valence-electron chi connectivity index (χ4n) is 1.40. The van der Waals surface area contributed by atoms with Crippen molar-refractivity contribution in [1.29, 1.82) is 0 Å². The van der Waals surface area contributed by atoms with Crippen molar-refractivity contribution in [3.8, 4) is 0 Å². The first-order valence-corrected chi connectivity index (χ1v) is 7.81. The number of hydrogen-bond acceptors (Lipinski definition) is 3. The van der Waals surface area contributed by atoms with Gasteiger partial charge in [-0.3, -0.25) is 4.98 Å². The molecule has 0 aliphatic carbocycles. The molecule has 0 radical (unpaired) electrons. The molecule has 1 aromatic heterocycles. The van der Waals surface area contributed by atoms with Gasteiger partial charge in [-0.25, -0.2) is 0 Å². The van der Waals surface area contributed by atoms with E-state index in [-0.39, 0.29) is 0 Å². The van der Waals surface area contributed by atoms with E-state index in [1.54, 1.807) is 0 Å². The number of nitrogens with one attached hydrogen (secondary N) is 1. The molecular formula is C12H19BrN2S. The van der Waals surface area contributed by atoms with E-state index in [0.29, 0.717) is 0 Å². The molecule has 1 rings (SSSR count). The van der Waals surface area contributed by atoms with Crippen LogP contribution in [-0.2, 0) is 6.54 Å². The zero-order chi connectivity index (χ0) is 11.6. The van der Waals surface area contributed by atoms with Crippen LogP contribution in [0, 0.1) is 0 Å². The van der Waals surface area contributed by atoms with Gasteiger partial charge in [0.25, 0.3) is 0 Å². The van der Waals surface area contributed by atoms with Gasteiger partial charge in [0.05, 0.1) is 5.69 Å². The highest BCUT2D eigenvalue weighted by atomic mass is 79.9. The maximum absolute atomic E-state index is 4.31. The number of nitrogens with zero attached hydrogens (tertiary/aromatic N) is 1. The number of pyridine rings is 1. The third kappa shape index (κ3) is 6.51. The fraction of sp³-hybridized carbons (Fsp3) is 0.583. The summed E-state index contributed by atoms with van der Waals surface area (Å²) in [6.07, 6.45) is 7.92. The van der Waals surface area contributed by atoms with Crippen molar-refractivity contribution in [2.45, 2.75) is 25.8 Å². The SMILES string of the molecule is CSCCCCCNCc1ccc(Br)cn1. The molecule has 0 bridgehead atoms. The van der Waals surface area contributed by atoms with Crippen LogP contribution < -0.4 is 5.32 Å². The molecule has 0 saturated heterocycles. The molecule has 16 heavy (non-hydrogen) atoms. The number of aromatic nitrogens is 1. The van der Waals surface area contributed by atoms with E-state index < -0.39 is 0 Å². The third-order valence-corrected chi connectivity index (χ3v) is 3.46. The predicted molar refractivity (Wildman–Crippen MR) is 75.9 cm³/mol. The zero-order valence-electron chi connectivity index (χ0n) is 9.71. The first-order chi connectivity index (χ1) is 7.83. The molecule has 1 heterocycles. The topological polar surface area (TPSA) is 24.9 Å². The summed E-state index contributed by atoms with van der Waals surface area (Å²) in [5.41, 5.74) is 1.10. The molecule has 0 unspecified atom stereocenters. The molecule has 0 saturated carbocycles. The summed E-state index contributed by atoms with van der Waals surface area (Å²) in [4.78, 5) is 4.31. The standard InChI is InChI=1S/C12H19BrN2S/c1-16-8-4-2-3-7-14-10-12-6-5-11(13)9-15-12/h5-6,9,14H,2-4,7-8,10H2,1H3. The maximum atomic E-state index is 4.31. The lowest BCUT2D eigenvalue weighted by molar-refractivity contribution is 0.612. The minimum absolute atomic E-state index is 0.871. The van der Waals surface area contributed by atoms with Crippen LogP contribution in [0.15, 0.2) is 22.8 Å². The van der Waals surface area contributed by atoms with Crippen LogP contribution in [0.3, 0.4) is 0 Å². The molecule has 0 spiro atoms. The summed E-state index contributed by atoms with van der Waals surface area (Å²) < 4.78 is 1.04. The van der Waals surface area contributed by atoms with Gasteiger partial charge in [0, 0.05) is 17.2 Å². The average Bonchev–Trinajstić information content (AvgIpc) is 2.30. The van der Waals surface area contributed by atoms with Crippen molar-refractivity contribution >= 4 is 27.7 Å². The van der Waals surface area contributed by atoms with Crippen molar-refractivity contribution in [3.63, 3.8) is 0 Å². The van der Waals surface area contributed by atoms with Gasteiger partial charge in [-0.2, -0.15) is 11.8 Å². The largest absolute Gasteiger partial charge is 0.311 e. The molecule has 0 atom stereocenters. The van der Waals surface area contributed by atoms with Crippen LogP contribution in [0.25, 0.3) is 0 Å². The van der Waals surface area contributed by atoms with Crippen LogP contribution in [-0.4, -0.2) is 23.5 Å². The second-order valence-electron chi connectivity index (χ2n) is 3.70. The van der Waals surface area contributed by atoms with E-state index in [4.69, 9.17) is 0 Å². The molecular weight excluding hydrogens is 284 g/mol. The zero-order valence-corrected chi connectivity index (χ0v) is 12.1. The lowest BCUT2D eigenvalue weighted by Gasteiger charge is -2.04. The van der Waals surface area contributed by atoms with Gasteiger partial charge in [-0.15, -0.1) is 0 Å². The minimum Gasteiger partial charge on any atom is -0.311 e. The Morgan fingerprint density at radius 3 is 2.88 bits per heavy atom. The van der Waals surface area contributed by atoms with E-state index in [0.717, 1.165) is 23.3 Å². The quantitative estimate of drug-likeness (QED) is 0.744. The summed E-state index contributed by atoms with van der Waals surface area (Å²) in [5, 5.41) is 3.41. The molecule has 0 aliphatic rings. The molecule has 0 aliphatic heterocycles. The van der Waals surface area contributed by atoms with Gasteiger partial charge in [0.2, 0.25) is 0 Å². The Kier molecular flexibility index (Phi) is 7.89. The highest BCUT2D eigenvalue weighted by molar-refractivity contribution is 9.10. The van der Waals surface area contributed by atoms with Crippen LogP contribution >= 0.6 is 27.7 Å². The van der Waals surface area contributed by atoms with Gasteiger partial charge < -0.3 is 5.32 Å². The lowest BCUT2D eigenvalue weighted by Crippen LogP contribution is -2.15. The highest BCUT2D eigenvalue weighted by Gasteiger charge is 1.94. The summed E-state index contributed by atoms with van der Waals surface area (Å²) in [6, 6.07) is 4.08. The monoisotopic (exact) mass is 302 g/mol. The first-order valence-electron chi connectivity index (χ1n) is 5.63. The Bertz CT molecular complexity index is 277. The summed E-state index contributed by atoms with van der Waals surface area (Å²) in [7, 11) is 0. The van der Waals surface area contributed by atoms with Gasteiger partial charge in [-0.05, 0) is 59.5 Å². The maximum Gasteiger partial charge on any atom is 0.0542 e. The average molecular weight is 303 g/mol. The van der Waals surface area contributed by atoms with Crippen molar-refractivity contribution in [1.82, 2.24) is 10.3 Å². The Hall–Kier alpha value is -0.0600. The fourth-order valence-corrected chi connectivity index (χ4v) is 2.13. The lowest BCUT2D eigenvalue weighted by atomic mass is 10.2. The van der Waals surface area contributed by atoms with Crippen molar-refractivity contribution < 1.29 is 0 Å². The number of rotatable bonds is 8. The summed E-state index contributed by atoms with van der Waals surface area (Å²) in [6.45, 7) is 1.96. The van der Waals surface area contributed by atoms with E-state index in [1.165, 1.54) is 25.0 Å². The van der Waals surface area contributed by atoms with Crippen LogP contribution in [0.2, 0.25) is 0 Å². The Morgan fingerprint density at radius 1 is 1.31 bits per heavy atom. The molecule has 4 heteroatoms. The minimum atomic E-state index is 0.871. The second kappa shape index (κ2) is 9.02. The Morgan fingerprint density at radius 2 is 2.19 bits per heavy atom. The van der Waals surface area contributed by atoms with Crippen molar-refractivity contribution in [3.05, 3.63) is 28.5 Å². The van der Waals surface area contributed by atoms with Gasteiger partial charge in [0.1, 0.15) is 0 Å². The van der Waals surface area contributed by atoms with Crippen molar-refractivity contribution in [2.75, 3.05) is 18.6 Å². The van der Waals surface area contributed by atoms with Gasteiger partial charge in [0.15, 0.2) is 0 Å². The molecule has 1 aromatic rings. The highest BCUT2D eigenvalue weighted by Crippen LogP contribution is 2.07. The number of halogens is 1. The van der Waals surface area contributed by atoms with Gasteiger partial charge in [-0.1, -0.05) is 6.42 Å². The van der Waals surface area contributed by atoms with E-state index in [1.807, 2.05) is 30.1 Å². The van der Waals surface area contributed by atoms with E-state index in [2.05, 4.69) is 32.5 Å². The number of hydrogen-bond donors (Lipinski definition) is 1. The molecule has 1 N–H and O–H groups in total. The van der Waals surface area contributed by atoms with Crippen molar-refractivity contribution in [2.24, 2.45) is 0 Å². The molecule has 0 amide bonds. The van der Waals surface area contributed by atoms with E-state index >= 15 is 0 Å². The Balaban J connectivity index is 2.01.